The molecule has 2 aromatic heterocycles. The predicted molar refractivity (Wildman–Crippen MR) is 84.7 cm³/mol. The van der Waals surface area contributed by atoms with E-state index in [9.17, 15) is 4.79 Å². The summed E-state index contributed by atoms with van der Waals surface area (Å²) in [7, 11) is 0. The first-order chi connectivity index (χ1) is 9.78. The van der Waals surface area contributed by atoms with Gasteiger partial charge < -0.3 is 5.73 Å². The number of hydrogen-bond acceptors (Lipinski definition) is 5. The van der Waals surface area contributed by atoms with Gasteiger partial charge in [0.25, 0.3) is 0 Å². The van der Waals surface area contributed by atoms with E-state index < -0.39 is 0 Å². The van der Waals surface area contributed by atoms with Crippen molar-refractivity contribution in [2.45, 2.75) is 12.8 Å². The highest BCUT2D eigenvalue weighted by molar-refractivity contribution is 7.17. The molecule has 0 saturated carbocycles. The molecule has 1 aromatic carbocycles. The molecular weight excluding hydrogens is 288 g/mol. The molecule has 2 N–H and O–H groups in total. The van der Waals surface area contributed by atoms with Crippen LogP contribution < -0.4 is 5.73 Å². The van der Waals surface area contributed by atoms with E-state index in [4.69, 9.17) is 5.73 Å². The van der Waals surface area contributed by atoms with Crippen LogP contribution >= 0.6 is 22.7 Å². The highest BCUT2D eigenvalue weighted by Gasteiger charge is 2.13. The van der Waals surface area contributed by atoms with Crippen molar-refractivity contribution in [3.63, 3.8) is 0 Å². The molecular formula is C15H14N2OS2. The van der Waals surface area contributed by atoms with Crippen LogP contribution in [0.1, 0.15) is 21.1 Å². The van der Waals surface area contributed by atoms with E-state index in [1.165, 1.54) is 21.4 Å². The lowest BCUT2D eigenvalue weighted by atomic mass is 10.1. The maximum atomic E-state index is 12.3. The van der Waals surface area contributed by atoms with Gasteiger partial charge in [-0.05, 0) is 28.9 Å². The van der Waals surface area contributed by atoms with Gasteiger partial charge in [0.15, 0.2) is 5.78 Å². The van der Waals surface area contributed by atoms with Crippen molar-refractivity contribution in [2.24, 2.45) is 5.73 Å². The number of nitrogens with zero attached hydrogens (tertiary/aromatic N) is 1. The number of rotatable bonds is 5. The molecule has 0 radical (unpaired) electrons. The Morgan fingerprint density at radius 1 is 1.20 bits per heavy atom. The fourth-order valence-electron chi connectivity index (χ4n) is 2.11. The summed E-state index contributed by atoms with van der Waals surface area (Å²) < 4.78 is 1.22. The molecule has 5 heteroatoms. The van der Waals surface area contributed by atoms with Crippen LogP contribution in [-0.2, 0) is 12.8 Å². The summed E-state index contributed by atoms with van der Waals surface area (Å²) in [6.45, 7) is 0.566. The van der Waals surface area contributed by atoms with E-state index in [0.29, 0.717) is 18.7 Å². The highest BCUT2D eigenvalue weighted by atomic mass is 32.1. The maximum Gasteiger partial charge on any atom is 0.186 e. The third-order valence-electron chi connectivity index (χ3n) is 3.11. The summed E-state index contributed by atoms with van der Waals surface area (Å²) in [4.78, 5) is 16.6. The average Bonchev–Trinajstić information content (AvgIpc) is 3.07. The Labute approximate surface area is 125 Å². The first-order valence-corrected chi connectivity index (χ1v) is 8.16. The quantitative estimate of drug-likeness (QED) is 0.736. The van der Waals surface area contributed by atoms with Crippen molar-refractivity contribution in [1.82, 2.24) is 4.98 Å². The molecule has 0 fully saturated rings. The zero-order valence-electron chi connectivity index (χ0n) is 10.8. The molecule has 0 aliphatic rings. The molecule has 3 nitrogen and oxygen atoms in total. The van der Waals surface area contributed by atoms with E-state index in [1.807, 2.05) is 17.5 Å². The Hall–Kier alpha value is -1.56. The van der Waals surface area contributed by atoms with E-state index >= 15 is 0 Å². The Morgan fingerprint density at radius 2 is 2.05 bits per heavy atom. The van der Waals surface area contributed by atoms with E-state index in [-0.39, 0.29) is 5.78 Å². The molecule has 3 aromatic rings. The molecule has 0 saturated heterocycles. The number of benzene rings is 1. The van der Waals surface area contributed by atoms with Crippen LogP contribution in [0.25, 0.3) is 10.1 Å². The number of Topliss-reactive ketones (excluding diaryl/α,β-unsaturated/α-hetero) is 1. The van der Waals surface area contributed by atoms with Crippen LogP contribution in [0.5, 0.6) is 0 Å². The predicted octanol–water partition coefficient (Wildman–Crippen LogP) is 3.28. The number of carbonyl (C=O) groups is 1. The summed E-state index contributed by atoms with van der Waals surface area (Å²) in [6.07, 6.45) is 1.15. The summed E-state index contributed by atoms with van der Waals surface area (Å²) >= 11 is 3.19. The lowest BCUT2D eigenvalue weighted by molar-refractivity contribution is 0.0989. The van der Waals surface area contributed by atoms with Crippen LogP contribution in [0, 0.1) is 0 Å². The Morgan fingerprint density at radius 3 is 2.90 bits per heavy atom. The van der Waals surface area contributed by atoms with Gasteiger partial charge in [0.1, 0.15) is 5.69 Å². The third-order valence-corrected chi connectivity index (χ3v) is 5.03. The molecule has 0 aliphatic carbocycles. The van der Waals surface area contributed by atoms with Crippen molar-refractivity contribution >= 4 is 38.5 Å². The summed E-state index contributed by atoms with van der Waals surface area (Å²) in [6, 6.07) is 8.17. The minimum atomic E-state index is 0.0769. The SMILES string of the molecule is NCCc1nc(C(=O)Cc2csc3ccccc23)cs1. The molecule has 0 aliphatic heterocycles. The van der Waals surface area contributed by atoms with E-state index in [2.05, 4.69) is 22.5 Å². The second-order valence-electron chi connectivity index (χ2n) is 4.52. The first-order valence-electron chi connectivity index (χ1n) is 6.40. The molecule has 0 spiro atoms. The van der Waals surface area contributed by atoms with Gasteiger partial charge in [-0.1, -0.05) is 18.2 Å². The fraction of sp³-hybridized carbons (Fsp3) is 0.200. The van der Waals surface area contributed by atoms with Gasteiger partial charge in [0, 0.05) is 22.9 Å². The lowest BCUT2D eigenvalue weighted by Crippen LogP contribution is -2.05. The van der Waals surface area contributed by atoms with Crippen molar-refractivity contribution in [3.05, 3.63) is 51.3 Å². The number of thiazole rings is 1. The fourth-order valence-corrected chi connectivity index (χ4v) is 3.89. The van der Waals surface area contributed by atoms with Gasteiger partial charge in [0.2, 0.25) is 0 Å². The second-order valence-corrected chi connectivity index (χ2v) is 6.38. The smallest absolute Gasteiger partial charge is 0.186 e. The molecule has 0 amide bonds. The van der Waals surface area contributed by atoms with Crippen LogP contribution in [0.4, 0.5) is 0 Å². The second kappa shape index (κ2) is 5.83. The Kier molecular flexibility index (Phi) is 3.91. The van der Waals surface area contributed by atoms with Crippen LogP contribution in [0.3, 0.4) is 0 Å². The number of thiophene rings is 1. The largest absolute Gasteiger partial charge is 0.330 e. The number of aromatic nitrogens is 1. The molecule has 0 atom stereocenters. The molecule has 2 heterocycles. The maximum absolute atomic E-state index is 12.3. The van der Waals surface area contributed by atoms with Crippen LogP contribution in [0.15, 0.2) is 35.0 Å². The highest BCUT2D eigenvalue weighted by Crippen LogP contribution is 2.26. The Balaban J connectivity index is 1.81. The molecule has 20 heavy (non-hydrogen) atoms. The zero-order valence-corrected chi connectivity index (χ0v) is 12.5. The third kappa shape index (κ3) is 2.65. The number of carbonyl (C=O) groups excluding carboxylic acids is 1. The normalized spacial score (nSPS) is 11.1. The topological polar surface area (TPSA) is 56.0 Å². The van der Waals surface area contributed by atoms with Crippen molar-refractivity contribution in [1.29, 1.82) is 0 Å². The molecule has 3 rings (SSSR count). The van der Waals surface area contributed by atoms with Crippen molar-refractivity contribution in [2.75, 3.05) is 6.54 Å². The van der Waals surface area contributed by atoms with Gasteiger partial charge in [-0.25, -0.2) is 4.98 Å². The minimum absolute atomic E-state index is 0.0769. The number of nitrogens with two attached hydrogens (primary N) is 1. The number of hydrogen-bond donors (Lipinski definition) is 1. The zero-order chi connectivity index (χ0) is 13.9. The number of ketones is 1. The summed E-state index contributed by atoms with van der Waals surface area (Å²) in [5, 5.41) is 6.01. The van der Waals surface area contributed by atoms with Crippen molar-refractivity contribution < 1.29 is 4.79 Å². The van der Waals surface area contributed by atoms with Crippen LogP contribution in [-0.4, -0.2) is 17.3 Å². The van der Waals surface area contributed by atoms with E-state index in [1.54, 1.807) is 11.3 Å². The van der Waals surface area contributed by atoms with Gasteiger partial charge in [-0.2, -0.15) is 0 Å². The summed E-state index contributed by atoms with van der Waals surface area (Å²) in [5.41, 5.74) is 7.15. The lowest BCUT2D eigenvalue weighted by Gasteiger charge is -1.97. The van der Waals surface area contributed by atoms with Gasteiger partial charge in [0.05, 0.1) is 5.01 Å². The van der Waals surface area contributed by atoms with E-state index in [0.717, 1.165) is 17.0 Å². The molecule has 102 valence electrons. The van der Waals surface area contributed by atoms with Gasteiger partial charge in [-0.3, -0.25) is 4.79 Å². The van der Waals surface area contributed by atoms with Crippen molar-refractivity contribution in [3.8, 4) is 0 Å². The minimum Gasteiger partial charge on any atom is -0.330 e. The number of fused-ring (bicyclic) bond motifs is 1. The average molecular weight is 302 g/mol. The molecule has 0 bridgehead atoms. The van der Waals surface area contributed by atoms with Crippen LogP contribution in [0.2, 0.25) is 0 Å². The van der Waals surface area contributed by atoms with Gasteiger partial charge in [-0.15, -0.1) is 22.7 Å². The standard InChI is InChI=1S/C15H14N2OS2/c16-6-5-15-17-12(9-20-15)13(18)7-10-8-19-14-4-2-1-3-11(10)14/h1-4,8-9H,5-7,16H2. The monoisotopic (exact) mass is 302 g/mol. The Bertz CT molecular complexity index is 745. The molecule has 0 unspecified atom stereocenters. The first kappa shape index (κ1) is 13.4. The van der Waals surface area contributed by atoms with Gasteiger partial charge >= 0.3 is 0 Å². The summed E-state index contributed by atoms with van der Waals surface area (Å²) in [5.74, 6) is 0.0769.